The van der Waals surface area contributed by atoms with Gasteiger partial charge in [0.2, 0.25) is 0 Å². The molecule has 0 unspecified atom stereocenters. The molecule has 0 radical (unpaired) electrons. The van der Waals surface area contributed by atoms with Crippen LogP contribution in [0.25, 0.3) is 0 Å². The van der Waals surface area contributed by atoms with E-state index in [1.165, 1.54) is 18.4 Å². The fraction of sp³-hybridized carbons (Fsp3) is 0.520. The molecule has 1 aliphatic carbocycles. The van der Waals surface area contributed by atoms with Crippen molar-refractivity contribution in [1.82, 2.24) is 0 Å². The first-order valence-corrected chi connectivity index (χ1v) is 10.5. The minimum Gasteiger partial charge on any atom is -0.203 e. The molecule has 2 aromatic rings. The summed E-state index contributed by atoms with van der Waals surface area (Å²) >= 11 is 0. The molecule has 0 aromatic heterocycles. The van der Waals surface area contributed by atoms with Crippen LogP contribution < -0.4 is 0 Å². The number of rotatable bonds is 6. The lowest BCUT2D eigenvalue weighted by atomic mass is 9.76. The van der Waals surface area contributed by atoms with Gasteiger partial charge < -0.3 is 0 Å². The highest BCUT2D eigenvalue weighted by Crippen LogP contribution is 2.39. The summed E-state index contributed by atoms with van der Waals surface area (Å²) in [5.74, 6) is -0.266. The Morgan fingerprint density at radius 3 is 2.19 bits per heavy atom. The molecule has 2 aromatic carbocycles. The highest BCUT2D eigenvalue weighted by atomic mass is 19.2. The van der Waals surface area contributed by atoms with Crippen molar-refractivity contribution in [3.63, 3.8) is 0 Å². The first kappa shape index (κ1) is 20.0. The van der Waals surface area contributed by atoms with E-state index >= 15 is 0 Å². The molecule has 0 aliphatic heterocycles. The predicted molar refractivity (Wildman–Crippen MR) is 109 cm³/mol. The van der Waals surface area contributed by atoms with Gasteiger partial charge in [-0.25, -0.2) is 8.78 Å². The highest BCUT2D eigenvalue weighted by Gasteiger charge is 2.26. The highest BCUT2D eigenvalue weighted by molar-refractivity contribution is 5.37. The van der Waals surface area contributed by atoms with Crippen LogP contribution in [0.3, 0.4) is 0 Å². The smallest absolute Gasteiger partial charge is 0.162 e. The Labute approximate surface area is 163 Å². The van der Waals surface area contributed by atoms with Gasteiger partial charge >= 0.3 is 0 Å². The van der Waals surface area contributed by atoms with Gasteiger partial charge in [0, 0.05) is 0 Å². The molecule has 0 nitrogen and oxygen atoms in total. The maximum Gasteiger partial charge on any atom is 0.162 e. The zero-order chi connectivity index (χ0) is 19.4. The quantitative estimate of drug-likeness (QED) is 0.495. The van der Waals surface area contributed by atoms with Crippen molar-refractivity contribution in [2.24, 2.45) is 5.92 Å². The zero-order valence-corrected chi connectivity index (χ0v) is 17.0. The van der Waals surface area contributed by atoms with Gasteiger partial charge in [-0.05, 0) is 86.5 Å². The molecule has 146 valence electrons. The molecule has 0 amide bonds. The third-order valence-electron chi connectivity index (χ3n) is 6.33. The van der Waals surface area contributed by atoms with Crippen LogP contribution in [0.4, 0.5) is 8.78 Å². The van der Waals surface area contributed by atoms with Gasteiger partial charge in [0.25, 0.3) is 0 Å². The van der Waals surface area contributed by atoms with E-state index in [0.29, 0.717) is 17.5 Å². The standard InChI is InChI=1S/C25H32F2/c1-4-5-19-10-13-21(14-11-19)23-16-18(3)22(24(26)25(23)27)15-12-20-8-6-17(2)7-9-20/h6-9,16,19,21H,4-5,10-15H2,1-3H3. The molecule has 3 rings (SSSR count). The fourth-order valence-corrected chi connectivity index (χ4v) is 4.61. The van der Waals surface area contributed by atoms with Crippen LogP contribution in [0.5, 0.6) is 0 Å². The molecule has 0 saturated heterocycles. The topological polar surface area (TPSA) is 0 Å². The Kier molecular flexibility index (Phi) is 6.68. The number of aryl methyl sites for hydroxylation is 3. The van der Waals surface area contributed by atoms with E-state index < -0.39 is 11.6 Å². The molecule has 27 heavy (non-hydrogen) atoms. The first-order chi connectivity index (χ1) is 13.0. The normalized spacial score (nSPS) is 20.0. The Bertz CT molecular complexity index is 753. The number of hydrogen-bond donors (Lipinski definition) is 0. The fourth-order valence-electron chi connectivity index (χ4n) is 4.61. The van der Waals surface area contributed by atoms with Gasteiger partial charge in [-0.2, -0.15) is 0 Å². The van der Waals surface area contributed by atoms with Crippen LogP contribution in [-0.2, 0) is 12.8 Å². The van der Waals surface area contributed by atoms with E-state index in [0.717, 1.165) is 49.1 Å². The van der Waals surface area contributed by atoms with Gasteiger partial charge in [0.15, 0.2) is 11.6 Å². The third kappa shape index (κ3) is 4.78. The molecule has 0 bridgehead atoms. The van der Waals surface area contributed by atoms with E-state index in [4.69, 9.17) is 0 Å². The Morgan fingerprint density at radius 1 is 0.889 bits per heavy atom. The van der Waals surface area contributed by atoms with Gasteiger partial charge in [-0.3, -0.25) is 0 Å². The lowest BCUT2D eigenvalue weighted by Crippen LogP contribution is -2.16. The van der Waals surface area contributed by atoms with E-state index in [9.17, 15) is 8.78 Å². The second-order valence-corrected chi connectivity index (χ2v) is 8.38. The maximum absolute atomic E-state index is 14.9. The van der Waals surface area contributed by atoms with Gasteiger partial charge in [-0.1, -0.05) is 55.7 Å². The summed E-state index contributed by atoms with van der Waals surface area (Å²) in [7, 11) is 0. The Hall–Kier alpha value is -1.70. The number of hydrogen-bond acceptors (Lipinski definition) is 0. The summed E-state index contributed by atoms with van der Waals surface area (Å²) in [6.07, 6.45) is 8.03. The van der Waals surface area contributed by atoms with Crippen molar-refractivity contribution in [3.8, 4) is 0 Å². The summed E-state index contributed by atoms with van der Waals surface area (Å²) < 4.78 is 29.7. The molecule has 0 N–H and O–H groups in total. The summed E-state index contributed by atoms with van der Waals surface area (Å²) in [4.78, 5) is 0. The van der Waals surface area contributed by atoms with E-state index in [-0.39, 0.29) is 5.92 Å². The van der Waals surface area contributed by atoms with Crippen molar-refractivity contribution in [1.29, 1.82) is 0 Å². The summed E-state index contributed by atoms with van der Waals surface area (Å²) in [5, 5.41) is 0. The summed E-state index contributed by atoms with van der Waals surface area (Å²) in [5.41, 5.74) is 4.42. The first-order valence-electron chi connectivity index (χ1n) is 10.5. The Balaban J connectivity index is 1.73. The van der Waals surface area contributed by atoms with Gasteiger partial charge in [0.05, 0.1) is 0 Å². The average Bonchev–Trinajstić information content (AvgIpc) is 2.67. The molecule has 0 heterocycles. The molecule has 1 saturated carbocycles. The minimum absolute atomic E-state index is 0.178. The lowest BCUT2D eigenvalue weighted by Gasteiger charge is -2.29. The zero-order valence-electron chi connectivity index (χ0n) is 17.0. The van der Waals surface area contributed by atoms with Crippen LogP contribution in [0.15, 0.2) is 30.3 Å². The van der Waals surface area contributed by atoms with Gasteiger partial charge in [-0.15, -0.1) is 0 Å². The monoisotopic (exact) mass is 370 g/mol. The number of benzene rings is 2. The molecule has 1 fully saturated rings. The van der Waals surface area contributed by atoms with E-state index in [1.807, 2.05) is 13.0 Å². The van der Waals surface area contributed by atoms with Crippen LogP contribution >= 0.6 is 0 Å². The van der Waals surface area contributed by atoms with Crippen LogP contribution in [0.2, 0.25) is 0 Å². The molecule has 2 heteroatoms. The van der Waals surface area contributed by atoms with Crippen LogP contribution in [0.1, 0.15) is 79.2 Å². The van der Waals surface area contributed by atoms with Crippen LogP contribution in [0, 0.1) is 31.4 Å². The summed E-state index contributed by atoms with van der Waals surface area (Å²) in [6.45, 7) is 6.20. The van der Waals surface area contributed by atoms with Crippen molar-refractivity contribution in [2.75, 3.05) is 0 Å². The van der Waals surface area contributed by atoms with Crippen molar-refractivity contribution >= 4 is 0 Å². The Morgan fingerprint density at radius 2 is 1.56 bits per heavy atom. The van der Waals surface area contributed by atoms with Gasteiger partial charge in [0.1, 0.15) is 0 Å². The molecule has 0 spiro atoms. The second-order valence-electron chi connectivity index (χ2n) is 8.38. The van der Waals surface area contributed by atoms with E-state index in [2.05, 4.69) is 38.1 Å². The number of halogens is 2. The molecular formula is C25H32F2. The molecule has 1 aliphatic rings. The average molecular weight is 371 g/mol. The van der Waals surface area contributed by atoms with Crippen molar-refractivity contribution < 1.29 is 8.78 Å². The molecule has 0 atom stereocenters. The van der Waals surface area contributed by atoms with Crippen molar-refractivity contribution in [2.45, 2.75) is 78.1 Å². The second kappa shape index (κ2) is 8.99. The van der Waals surface area contributed by atoms with Crippen molar-refractivity contribution in [3.05, 3.63) is 69.8 Å². The maximum atomic E-state index is 14.9. The predicted octanol–water partition coefficient (Wildman–Crippen LogP) is 7.44. The van der Waals surface area contributed by atoms with Crippen LogP contribution in [-0.4, -0.2) is 0 Å². The SMILES string of the molecule is CCCC1CCC(c2cc(C)c(CCc3ccc(C)cc3)c(F)c2F)CC1. The largest absolute Gasteiger partial charge is 0.203 e. The summed E-state index contributed by atoms with van der Waals surface area (Å²) in [6, 6.07) is 10.2. The lowest BCUT2D eigenvalue weighted by molar-refractivity contribution is 0.302. The minimum atomic E-state index is -0.618. The van der Waals surface area contributed by atoms with E-state index in [1.54, 1.807) is 0 Å². The third-order valence-corrected chi connectivity index (χ3v) is 6.33. The molecular weight excluding hydrogens is 338 g/mol.